The second-order valence-corrected chi connectivity index (χ2v) is 12.9. The van der Waals surface area contributed by atoms with Crippen LogP contribution < -0.4 is 9.62 Å². The van der Waals surface area contributed by atoms with Crippen LogP contribution >= 0.6 is 11.6 Å². The molecule has 1 aliphatic carbocycles. The number of halogens is 1. The fourth-order valence-corrected chi connectivity index (χ4v) is 7.12. The molecular formula is C32H38ClN3O4S. The third kappa shape index (κ3) is 7.29. The molecule has 1 atom stereocenters. The highest BCUT2D eigenvalue weighted by Crippen LogP contribution is 2.30. The molecule has 1 N–H and O–H groups in total. The number of sulfonamides is 1. The Hall–Kier alpha value is -3.36. The van der Waals surface area contributed by atoms with E-state index >= 15 is 0 Å². The van der Waals surface area contributed by atoms with E-state index in [-0.39, 0.29) is 23.4 Å². The molecule has 218 valence electrons. The summed E-state index contributed by atoms with van der Waals surface area (Å²) in [6, 6.07) is 20.0. The van der Waals surface area contributed by atoms with E-state index in [1.807, 2.05) is 38.1 Å². The zero-order valence-electron chi connectivity index (χ0n) is 23.8. The second-order valence-electron chi connectivity index (χ2n) is 10.6. The summed E-state index contributed by atoms with van der Waals surface area (Å²) >= 11 is 6.19. The molecule has 1 aliphatic rings. The minimum atomic E-state index is -4.13. The fraction of sp³-hybridized carbons (Fsp3) is 0.375. The molecule has 1 unspecified atom stereocenters. The first-order valence-corrected chi connectivity index (χ1v) is 15.9. The van der Waals surface area contributed by atoms with Gasteiger partial charge in [-0.05, 0) is 80.1 Å². The molecule has 3 aromatic rings. The zero-order valence-corrected chi connectivity index (χ0v) is 25.4. The van der Waals surface area contributed by atoms with Crippen molar-refractivity contribution >= 4 is 39.1 Å². The van der Waals surface area contributed by atoms with Gasteiger partial charge < -0.3 is 10.2 Å². The first-order chi connectivity index (χ1) is 19.6. The number of aryl methyl sites for hydroxylation is 2. The summed E-state index contributed by atoms with van der Waals surface area (Å²) in [6.07, 6.45) is 4.38. The molecule has 0 spiro atoms. The van der Waals surface area contributed by atoms with Crippen LogP contribution in [0.4, 0.5) is 5.69 Å². The molecule has 2 amide bonds. The average molecular weight is 596 g/mol. The number of amides is 2. The number of rotatable bonds is 11. The molecule has 9 heteroatoms. The van der Waals surface area contributed by atoms with Crippen molar-refractivity contribution in [3.63, 3.8) is 0 Å². The minimum Gasteiger partial charge on any atom is -0.352 e. The first kappa shape index (κ1) is 30.6. The van der Waals surface area contributed by atoms with Crippen LogP contribution in [-0.2, 0) is 26.2 Å². The van der Waals surface area contributed by atoms with E-state index in [1.165, 1.54) is 17.0 Å². The van der Waals surface area contributed by atoms with Crippen LogP contribution in [0.2, 0.25) is 5.02 Å². The van der Waals surface area contributed by atoms with E-state index in [2.05, 4.69) is 5.32 Å². The standard InChI is InChI=1S/C32H38ClN3O4S/c1-4-29(32(38)34-27-14-10-11-15-27)35(21-25-13-9-8-12-23(25)2)31(37)22-36(30-19-18-26(33)20-24(30)3)41(39,40)28-16-6-5-7-17-28/h5-9,12-13,16-20,27,29H,4,10-11,14-15,21-22H2,1-3H3,(H,34,38). The number of hydrogen-bond donors (Lipinski definition) is 1. The molecule has 0 saturated heterocycles. The third-order valence-electron chi connectivity index (χ3n) is 7.73. The maximum Gasteiger partial charge on any atom is 0.264 e. The third-order valence-corrected chi connectivity index (χ3v) is 9.74. The Balaban J connectivity index is 1.74. The van der Waals surface area contributed by atoms with Gasteiger partial charge in [0.15, 0.2) is 0 Å². The highest BCUT2D eigenvalue weighted by molar-refractivity contribution is 7.92. The van der Waals surface area contributed by atoms with Crippen LogP contribution in [0.5, 0.6) is 0 Å². The van der Waals surface area contributed by atoms with Crippen LogP contribution in [0.25, 0.3) is 0 Å². The predicted octanol–water partition coefficient (Wildman–Crippen LogP) is 6.02. The highest BCUT2D eigenvalue weighted by Gasteiger charge is 2.35. The maximum atomic E-state index is 14.3. The van der Waals surface area contributed by atoms with E-state index in [1.54, 1.807) is 43.3 Å². The van der Waals surface area contributed by atoms with E-state index in [9.17, 15) is 18.0 Å². The lowest BCUT2D eigenvalue weighted by molar-refractivity contribution is -0.140. The number of nitrogens with one attached hydrogen (secondary N) is 1. The van der Waals surface area contributed by atoms with Crippen molar-refractivity contribution in [1.29, 1.82) is 0 Å². The van der Waals surface area contributed by atoms with Gasteiger partial charge in [-0.1, -0.05) is 73.8 Å². The van der Waals surface area contributed by atoms with E-state index in [0.717, 1.165) is 41.1 Å². The number of carbonyl (C=O) groups is 2. The molecule has 0 heterocycles. The van der Waals surface area contributed by atoms with Crippen molar-refractivity contribution in [2.24, 2.45) is 0 Å². The Morgan fingerprint density at radius 3 is 2.24 bits per heavy atom. The van der Waals surface area contributed by atoms with Crippen molar-refractivity contribution in [3.05, 3.63) is 94.5 Å². The Labute approximate surface area is 248 Å². The van der Waals surface area contributed by atoms with Crippen molar-refractivity contribution in [2.75, 3.05) is 10.8 Å². The van der Waals surface area contributed by atoms with Crippen molar-refractivity contribution in [3.8, 4) is 0 Å². The van der Waals surface area contributed by atoms with E-state index in [0.29, 0.717) is 22.7 Å². The van der Waals surface area contributed by atoms with Crippen LogP contribution in [0, 0.1) is 13.8 Å². The summed E-state index contributed by atoms with van der Waals surface area (Å²) in [4.78, 5) is 29.4. The number of benzene rings is 3. The second kappa shape index (κ2) is 13.5. The van der Waals surface area contributed by atoms with Crippen LogP contribution in [0.1, 0.15) is 55.7 Å². The number of carbonyl (C=O) groups excluding carboxylic acids is 2. The van der Waals surface area contributed by atoms with E-state index in [4.69, 9.17) is 11.6 Å². The monoisotopic (exact) mass is 595 g/mol. The lowest BCUT2D eigenvalue weighted by atomic mass is 10.1. The Bertz CT molecular complexity index is 1470. The van der Waals surface area contributed by atoms with Gasteiger partial charge >= 0.3 is 0 Å². The van der Waals surface area contributed by atoms with Gasteiger partial charge in [0, 0.05) is 17.6 Å². The summed E-state index contributed by atoms with van der Waals surface area (Å²) in [7, 11) is -4.13. The first-order valence-electron chi connectivity index (χ1n) is 14.1. The van der Waals surface area contributed by atoms with Gasteiger partial charge in [0.1, 0.15) is 12.6 Å². The molecule has 4 rings (SSSR count). The topological polar surface area (TPSA) is 86.8 Å². The van der Waals surface area contributed by atoms with Gasteiger partial charge in [-0.25, -0.2) is 8.42 Å². The zero-order chi connectivity index (χ0) is 29.6. The van der Waals surface area contributed by atoms with Gasteiger partial charge in [-0.3, -0.25) is 13.9 Å². The Kier molecular flexibility index (Phi) is 10.1. The normalized spacial score (nSPS) is 14.4. The lowest BCUT2D eigenvalue weighted by Crippen LogP contribution is -2.53. The minimum absolute atomic E-state index is 0.0682. The molecule has 0 radical (unpaired) electrons. The molecule has 3 aromatic carbocycles. The molecule has 0 aromatic heterocycles. The van der Waals surface area contributed by atoms with Crippen LogP contribution in [0.3, 0.4) is 0 Å². The number of hydrogen-bond acceptors (Lipinski definition) is 4. The van der Waals surface area contributed by atoms with Crippen molar-refractivity contribution in [1.82, 2.24) is 10.2 Å². The Morgan fingerprint density at radius 1 is 0.951 bits per heavy atom. The predicted molar refractivity (Wildman–Crippen MR) is 163 cm³/mol. The summed E-state index contributed by atoms with van der Waals surface area (Å²) in [6.45, 7) is 5.30. The SMILES string of the molecule is CCC(C(=O)NC1CCCC1)N(Cc1ccccc1C)C(=O)CN(c1ccc(Cl)cc1C)S(=O)(=O)c1ccccc1. The average Bonchev–Trinajstić information content (AvgIpc) is 3.46. The van der Waals surface area contributed by atoms with Crippen LogP contribution in [-0.4, -0.2) is 43.8 Å². The van der Waals surface area contributed by atoms with Gasteiger partial charge in [0.2, 0.25) is 11.8 Å². The Morgan fingerprint density at radius 2 is 1.61 bits per heavy atom. The largest absolute Gasteiger partial charge is 0.352 e. The van der Waals surface area contributed by atoms with Gasteiger partial charge in [-0.2, -0.15) is 0 Å². The fourth-order valence-electron chi connectivity index (χ4n) is 5.39. The summed E-state index contributed by atoms with van der Waals surface area (Å²) in [5, 5.41) is 3.61. The quantitative estimate of drug-likeness (QED) is 0.294. The van der Waals surface area contributed by atoms with Crippen molar-refractivity contribution < 1.29 is 18.0 Å². The molecule has 1 fully saturated rings. The summed E-state index contributed by atoms with van der Waals surface area (Å²) in [5.74, 6) is -0.669. The lowest BCUT2D eigenvalue weighted by Gasteiger charge is -2.34. The number of nitrogens with zero attached hydrogens (tertiary/aromatic N) is 2. The maximum absolute atomic E-state index is 14.3. The summed E-state index contributed by atoms with van der Waals surface area (Å²) < 4.78 is 29.1. The molecule has 0 aliphatic heterocycles. The van der Waals surface area contributed by atoms with Gasteiger partial charge in [0.25, 0.3) is 10.0 Å². The smallest absolute Gasteiger partial charge is 0.264 e. The van der Waals surface area contributed by atoms with Gasteiger partial charge in [-0.15, -0.1) is 0 Å². The summed E-state index contributed by atoms with van der Waals surface area (Å²) in [5.41, 5.74) is 2.85. The van der Waals surface area contributed by atoms with Crippen LogP contribution in [0.15, 0.2) is 77.7 Å². The molecule has 41 heavy (non-hydrogen) atoms. The molecule has 1 saturated carbocycles. The highest BCUT2D eigenvalue weighted by atomic mass is 35.5. The molecule has 0 bridgehead atoms. The van der Waals surface area contributed by atoms with Crippen molar-refractivity contribution in [2.45, 2.75) is 76.4 Å². The molecular weight excluding hydrogens is 558 g/mol. The van der Waals surface area contributed by atoms with Gasteiger partial charge in [0.05, 0.1) is 10.6 Å². The van der Waals surface area contributed by atoms with E-state index < -0.39 is 28.5 Å². The number of anilines is 1. The molecule has 7 nitrogen and oxygen atoms in total.